The fraction of sp³-hybridized carbons (Fsp3) is 0.550. The van der Waals surface area contributed by atoms with Crippen LogP contribution in [0.1, 0.15) is 36.9 Å². The van der Waals surface area contributed by atoms with Crippen molar-refractivity contribution in [2.45, 2.75) is 38.5 Å². The predicted molar refractivity (Wildman–Crippen MR) is 105 cm³/mol. The Morgan fingerprint density at radius 3 is 2.86 bits per heavy atom. The van der Waals surface area contributed by atoms with Gasteiger partial charge >= 0.3 is 0 Å². The van der Waals surface area contributed by atoms with Crippen molar-refractivity contribution in [3.63, 3.8) is 0 Å². The second-order valence-electron chi connectivity index (χ2n) is 7.81. The van der Waals surface area contributed by atoms with Gasteiger partial charge in [-0.3, -0.25) is 4.68 Å². The number of rotatable bonds is 4. The Bertz CT molecular complexity index is 978. The molecule has 2 aliphatic rings. The van der Waals surface area contributed by atoms with Crippen LogP contribution in [-0.2, 0) is 19.9 Å². The second kappa shape index (κ2) is 7.33. The first-order valence-corrected chi connectivity index (χ1v) is 10.1. The van der Waals surface area contributed by atoms with E-state index in [1.165, 1.54) is 18.4 Å². The van der Waals surface area contributed by atoms with E-state index in [9.17, 15) is 0 Å². The van der Waals surface area contributed by atoms with Crippen LogP contribution in [0.3, 0.4) is 0 Å². The largest absolute Gasteiger partial charge is 0.476 e. The van der Waals surface area contributed by atoms with Gasteiger partial charge in [-0.05, 0) is 50.0 Å². The summed E-state index contributed by atoms with van der Waals surface area (Å²) in [5, 5.41) is 14.0. The minimum atomic E-state index is 0.528. The molecule has 3 aromatic heterocycles. The molecule has 146 valence electrons. The Morgan fingerprint density at radius 2 is 1.96 bits per heavy atom. The summed E-state index contributed by atoms with van der Waals surface area (Å²) >= 11 is 0. The number of piperidine rings is 1. The average molecular weight is 379 g/mol. The zero-order valence-corrected chi connectivity index (χ0v) is 16.2. The third-order valence-corrected chi connectivity index (χ3v) is 5.94. The van der Waals surface area contributed by atoms with E-state index < -0.39 is 0 Å². The van der Waals surface area contributed by atoms with E-state index in [0.29, 0.717) is 18.4 Å². The van der Waals surface area contributed by atoms with Crippen LogP contribution < -0.4 is 9.64 Å². The van der Waals surface area contributed by atoms with Crippen LogP contribution in [0.25, 0.3) is 11.0 Å². The summed E-state index contributed by atoms with van der Waals surface area (Å²) in [7, 11) is 1.91. The van der Waals surface area contributed by atoms with Crippen LogP contribution in [0, 0.1) is 5.92 Å². The first-order chi connectivity index (χ1) is 13.8. The van der Waals surface area contributed by atoms with E-state index in [0.717, 1.165) is 61.3 Å². The molecular formula is C20H25N7O. The minimum absolute atomic E-state index is 0.528. The van der Waals surface area contributed by atoms with Gasteiger partial charge in [0.05, 0.1) is 23.9 Å². The highest BCUT2D eigenvalue weighted by molar-refractivity contribution is 5.86. The van der Waals surface area contributed by atoms with Gasteiger partial charge in [0.1, 0.15) is 12.1 Å². The molecule has 0 aromatic carbocycles. The number of hydrogen-bond donors (Lipinski definition) is 0. The Morgan fingerprint density at radius 1 is 1.11 bits per heavy atom. The summed E-state index contributed by atoms with van der Waals surface area (Å²) in [6.07, 6.45) is 10.2. The topological polar surface area (TPSA) is 81.9 Å². The standard InChI is InChI=1S/C20H25N7O/c1-26-19-16(11-23-26)20(22-13-21-19)27-8-6-14(7-9-27)12-28-18-10-15-4-2-3-5-17(15)24-25-18/h10-11,13-14H,2-9,12H2,1H3. The van der Waals surface area contributed by atoms with E-state index >= 15 is 0 Å². The van der Waals surface area contributed by atoms with Gasteiger partial charge in [-0.2, -0.15) is 10.2 Å². The van der Waals surface area contributed by atoms with Crippen molar-refractivity contribution in [2.75, 3.05) is 24.6 Å². The zero-order chi connectivity index (χ0) is 18.9. The second-order valence-corrected chi connectivity index (χ2v) is 7.81. The molecule has 1 aliphatic carbocycles. The van der Waals surface area contributed by atoms with E-state index in [4.69, 9.17) is 4.74 Å². The summed E-state index contributed by atoms with van der Waals surface area (Å²) in [5.41, 5.74) is 3.34. The minimum Gasteiger partial charge on any atom is -0.476 e. The predicted octanol–water partition coefficient (Wildman–Crippen LogP) is 2.33. The molecule has 0 atom stereocenters. The first kappa shape index (κ1) is 17.3. The summed E-state index contributed by atoms with van der Waals surface area (Å²) < 4.78 is 7.79. The Kier molecular flexibility index (Phi) is 4.54. The van der Waals surface area contributed by atoms with Gasteiger partial charge in [-0.1, -0.05) is 0 Å². The Labute approximate surface area is 164 Å². The van der Waals surface area contributed by atoms with Crippen molar-refractivity contribution in [3.8, 4) is 5.88 Å². The molecule has 0 unspecified atom stereocenters. The number of anilines is 1. The van der Waals surface area contributed by atoms with Crippen molar-refractivity contribution < 1.29 is 4.74 Å². The van der Waals surface area contributed by atoms with E-state index in [1.54, 1.807) is 11.0 Å². The van der Waals surface area contributed by atoms with Gasteiger partial charge in [0.15, 0.2) is 5.65 Å². The van der Waals surface area contributed by atoms with Crippen LogP contribution in [0.2, 0.25) is 0 Å². The summed E-state index contributed by atoms with van der Waals surface area (Å²) in [6.45, 7) is 2.63. The molecule has 1 saturated heterocycles. The number of aryl methyl sites for hydroxylation is 3. The molecular weight excluding hydrogens is 354 g/mol. The maximum absolute atomic E-state index is 5.99. The molecule has 1 aliphatic heterocycles. The first-order valence-electron chi connectivity index (χ1n) is 10.1. The number of nitrogens with zero attached hydrogens (tertiary/aromatic N) is 7. The van der Waals surface area contributed by atoms with Crippen molar-refractivity contribution in [1.29, 1.82) is 0 Å². The lowest BCUT2D eigenvalue weighted by Crippen LogP contribution is -2.36. The molecule has 3 aromatic rings. The molecule has 28 heavy (non-hydrogen) atoms. The van der Waals surface area contributed by atoms with Crippen molar-refractivity contribution >= 4 is 16.9 Å². The molecule has 1 fully saturated rings. The zero-order valence-electron chi connectivity index (χ0n) is 16.2. The van der Waals surface area contributed by atoms with E-state index in [1.807, 2.05) is 13.2 Å². The third kappa shape index (κ3) is 3.27. The molecule has 0 bridgehead atoms. The maximum Gasteiger partial charge on any atom is 0.233 e. The highest BCUT2D eigenvalue weighted by Gasteiger charge is 2.23. The van der Waals surface area contributed by atoms with Crippen LogP contribution in [-0.4, -0.2) is 49.6 Å². The number of ether oxygens (including phenoxy) is 1. The molecule has 0 radical (unpaired) electrons. The van der Waals surface area contributed by atoms with Crippen LogP contribution in [0.15, 0.2) is 18.6 Å². The fourth-order valence-corrected chi connectivity index (χ4v) is 4.26. The van der Waals surface area contributed by atoms with Crippen LogP contribution >= 0.6 is 0 Å². The van der Waals surface area contributed by atoms with Gasteiger partial charge in [0.2, 0.25) is 5.88 Å². The molecule has 5 rings (SSSR count). The molecule has 0 saturated carbocycles. The molecule has 8 heteroatoms. The van der Waals surface area contributed by atoms with Crippen LogP contribution in [0.4, 0.5) is 5.82 Å². The lowest BCUT2D eigenvalue weighted by molar-refractivity contribution is 0.213. The number of hydrogen-bond acceptors (Lipinski definition) is 7. The summed E-state index contributed by atoms with van der Waals surface area (Å²) in [6, 6.07) is 2.09. The maximum atomic E-state index is 5.99. The smallest absolute Gasteiger partial charge is 0.233 e. The lowest BCUT2D eigenvalue weighted by atomic mass is 9.97. The van der Waals surface area contributed by atoms with Gasteiger partial charge in [0.25, 0.3) is 0 Å². The third-order valence-electron chi connectivity index (χ3n) is 5.94. The highest BCUT2D eigenvalue weighted by Crippen LogP contribution is 2.28. The summed E-state index contributed by atoms with van der Waals surface area (Å²) in [5.74, 6) is 2.19. The Hall–Kier alpha value is -2.77. The number of fused-ring (bicyclic) bond motifs is 2. The quantitative estimate of drug-likeness (QED) is 0.688. The van der Waals surface area contributed by atoms with E-state index in [2.05, 4.69) is 36.2 Å². The number of aromatic nitrogens is 6. The normalized spacial score (nSPS) is 17.7. The van der Waals surface area contributed by atoms with Crippen molar-refractivity contribution in [2.24, 2.45) is 13.0 Å². The van der Waals surface area contributed by atoms with Gasteiger partial charge in [-0.25, -0.2) is 9.97 Å². The fourth-order valence-electron chi connectivity index (χ4n) is 4.26. The molecule has 0 amide bonds. The van der Waals surface area contributed by atoms with Gasteiger partial charge < -0.3 is 9.64 Å². The van der Waals surface area contributed by atoms with Crippen molar-refractivity contribution in [1.82, 2.24) is 29.9 Å². The highest BCUT2D eigenvalue weighted by atomic mass is 16.5. The summed E-state index contributed by atoms with van der Waals surface area (Å²) in [4.78, 5) is 11.2. The van der Waals surface area contributed by atoms with Gasteiger partial charge in [0, 0.05) is 26.2 Å². The van der Waals surface area contributed by atoms with Crippen LogP contribution in [0.5, 0.6) is 5.88 Å². The molecule has 0 N–H and O–H groups in total. The molecule has 4 heterocycles. The SMILES string of the molecule is Cn1ncc2c(N3CCC(COc4cc5c(nn4)CCCC5)CC3)ncnc21. The molecule has 8 nitrogen and oxygen atoms in total. The average Bonchev–Trinajstić information content (AvgIpc) is 3.14. The lowest BCUT2D eigenvalue weighted by Gasteiger charge is -2.32. The Balaban J connectivity index is 1.19. The molecule has 0 spiro atoms. The van der Waals surface area contributed by atoms with E-state index in [-0.39, 0.29) is 0 Å². The van der Waals surface area contributed by atoms with Gasteiger partial charge in [-0.15, -0.1) is 5.10 Å². The monoisotopic (exact) mass is 379 g/mol. The van der Waals surface area contributed by atoms with Crippen molar-refractivity contribution in [3.05, 3.63) is 29.8 Å².